The van der Waals surface area contributed by atoms with Gasteiger partial charge in [-0.25, -0.2) is 15.0 Å². The van der Waals surface area contributed by atoms with Gasteiger partial charge in [-0.1, -0.05) is 30.3 Å². The maximum atomic E-state index is 12.6. The van der Waals surface area contributed by atoms with Gasteiger partial charge in [0.05, 0.1) is 10.7 Å². The number of amides is 1. The average Bonchev–Trinajstić information content (AvgIpc) is 3.20. The van der Waals surface area contributed by atoms with E-state index >= 15 is 0 Å². The number of aromatic nitrogens is 3. The number of benzene rings is 2. The largest absolute Gasteiger partial charge is 0.352 e. The Bertz CT molecular complexity index is 1210. The molecule has 32 heavy (non-hydrogen) atoms. The zero-order chi connectivity index (χ0) is 22.5. The third-order valence-corrected chi connectivity index (χ3v) is 5.70. The predicted molar refractivity (Wildman–Crippen MR) is 130 cm³/mol. The summed E-state index contributed by atoms with van der Waals surface area (Å²) >= 11 is 1.65. The Balaban J connectivity index is 1.32. The number of rotatable bonds is 7. The van der Waals surface area contributed by atoms with Crippen LogP contribution in [0.4, 0.5) is 11.6 Å². The number of nitrogens with zero attached hydrogens (tertiary/aromatic N) is 3. The normalized spacial score (nSPS) is 10.7. The van der Waals surface area contributed by atoms with Crippen LogP contribution in [0.15, 0.2) is 60.0 Å². The van der Waals surface area contributed by atoms with Crippen molar-refractivity contribution in [2.75, 3.05) is 11.9 Å². The van der Waals surface area contributed by atoms with Crippen LogP contribution in [-0.2, 0) is 6.42 Å². The Morgan fingerprint density at radius 3 is 2.38 bits per heavy atom. The quantitative estimate of drug-likeness (QED) is 0.408. The smallest absolute Gasteiger partial charge is 0.251 e. The number of thiazole rings is 1. The van der Waals surface area contributed by atoms with Crippen LogP contribution in [0, 0.1) is 20.8 Å². The van der Waals surface area contributed by atoms with Crippen molar-refractivity contribution in [3.05, 3.63) is 87.5 Å². The summed E-state index contributed by atoms with van der Waals surface area (Å²) in [6.07, 6.45) is 0.760. The van der Waals surface area contributed by atoms with Crippen molar-refractivity contribution in [3.63, 3.8) is 0 Å². The van der Waals surface area contributed by atoms with E-state index in [0.29, 0.717) is 18.1 Å². The lowest BCUT2D eigenvalue weighted by atomic mass is 10.1. The summed E-state index contributed by atoms with van der Waals surface area (Å²) < 4.78 is 0. The molecule has 4 rings (SSSR count). The second kappa shape index (κ2) is 9.70. The molecule has 2 N–H and O–H groups in total. The maximum absolute atomic E-state index is 12.6. The molecule has 6 nitrogen and oxygen atoms in total. The zero-order valence-corrected chi connectivity index (χ0v) is 19.2. The van der Waals surface area contributed by atoms with E-state index < -0.39 is 0 Å². The van der Waals surface area contributed by atoms with E-state index in [4.69, 9.17) is 0 Å². The first kappa shape index (κ1) is 21.6. The predicted octanol–water partition coefficient (Wildman–Crippen LogP) is 5.24. The van der Waals surface area contributed by atoms with E-state index in [1.54, 1.807) is 23.5 Å². The van der Waals surface area contributed by atoms with Gasteiger partial charge in [0.1, 0.15) is 0 Å². The Morgan fingerprint density at radius 1 is 0.938 bits per heavy atom. The van der Waals surface area contributed by atoms with Gasteiger partial charge < -0.3 is 10.6 Å². The van der Waals surface area contributed by atoms with E-state index in [1.807, 2.05) is 39.0 Å². The molecule has 0 spiro atoms. The first-order chi connectivity index (χ1) is 15.5. The molecule has 7 heteroatoms. The molecule has 2 aromatic heterocycles. The van der Waals surface area contributed by atoms with Gasteiger partial charge in [-0.2, -0.15) is 0 Å². The fraction of sp³-hybridized carbons (Fsp3) is 0.200. The zero-order valence-electron chi connectivity index (χ0n) is 18.3. The van der Waals surface area contributed by atoms with Crippen LogP contribution in [0.3, 0.4) is 0 Å². The maximum Gasteiger partial charge on any atom is 0.251 e. The van der Waals surface area contributed by atoms with Crippen molar-refractivity contribution >= 4 is 28.9 Å². The molecule has 1 amide bonds. The molecule has 162 valence electrons. The molecule has 0 fully saturated rings. The van der Waals surface area contributed by atoms with E-state index in [2.05, 4.69) is 55.2 Å². The molecular formula is C25H25N5OS. The van der Waals surface area contributed by atoms with Gasteiger partial charge >= 0.3 is 0 Å². The third kappa shape index (κ3) is 5.56. The lowest BCUT2D eigenvalue weighted by Crippen LogP contribution is -2.25. The molecule has 0 radical (unpaired) electrons. The number of hydrogen-bond acceptors (Lipinski definition) is 6. The highest BCUT2D eigenvalue weighted by Gasteiger charge is 2.08. The molecule has 0 aliphatic heterocycles. The summed E-state index contributed by atoms with van der Waals surface area (Å²) in [5.74, 6) is 0.417. The Kier molecular flexibility index (Phi) is 6.56. The van der Waals surface area contributed by atoms with Gasteiger partial charge in [-0.3, -0.25) is 4.79 Å². The van der Waals surface area contributed by atoms with Crippen molar-refractivity contribution < 1.29 is 4.79 Å². The number of anilines is 2. The summed E-state index contributed by atoms with van der Waals surface area (Å²) in [4.78, 5) is 25.9. The number of carbonyl (C=O) groups is 1. The van der Waals surface area contributed by atoms with Gasteiger partial charge in [0.15, 0.2) is 0 Å². The van der Waals surface area contributed by atoms with Gasteiger partial charge in [0.2, 0.25) is 5.95 Å². The van der Waals surface area contributed by atoms with Crippen LogP contribution >= 0.6 is 11.3 Å². The fourth-order valence-electron chi connectivity index (χ4n) is 3.41. The van der Waals surface area contributed by atoms with Crippen LogP contribution in [0.25, 0.3) is 11.3 Å². The van der Waals surface area contributed by atoms with Crippen LogP contribution in [0.1, 0.15) is 32.3 Å². The highest BCUT2D eigenvalue weighted by molar-refractivity contribution is 7.09. The van der Waals surface area contributed by atoms with Gasteiger partial charge in [0.25, 0.3) is 5.91 Å². The van der Waals surface area contributed by atoms with Gasteiger partial charge in [0, 0.05) is 40.1 Å². The first-order valence-corrected chi connectivity index (χ1v) is 11.3. The molecule has 2 heterocycles. The van der Waals surface area contributed by atoms with Gasteiger partial charge in [-0.15, -0.1) is 11.3 Å². The number of hydrogen-bond donors (Lipinski definition) is 2. The minimum Gasteiger partial charge on any atom is -0.352 e. The summed E-state index contributed by atoms with van der Waals surface area (Å²) in [5, 5.41) is 9.31. The SMILES string of the molecule is Cc1cc(C)nc(Nc2cccc(C(=O)NCCc3ccc(-c4csc(C)n4)cc3)c2)n1. The molecule has 0 aliphatic carbocycles. The number of aryl methyl sites for hydroxylation is 3. The molecule has 0 aliphatic rings. The summed E-state index contributed by atoms with van der Waals surface area (Å²) in [6.45, 7) is 6.43. The van der Waals surface area contributed by atoms with Crippen LogP contribution in [0.2, 0.25) is 0 Å². The first-order valence-electron chi connectivity index (χ1n) is 10.5. The van der Waals surface area contributed by atoms with Crippen LogP contribution in [0.5, 0.6) is 0 Å². The summed E-state index contributed by atoms with van der Waals surface area (Å²) in [7, 11) is 0. The van der Waals surface area contributed by atoms with Crippen LogP contribution < -0.4 is 10.6 Å². The summed E-state index contributed by atoms with van der Waals surface area (Å²) in [6, 6.07) is 17.6. The topological polar surface area (TPSA) is 79.8 Å². The minimum atomic E-state index is -0.107. The van der Waals surface area contributed by atoms with Crippen molar-refractivity contribution in [2.45, 2.75) is 27.2 Å². The molecular weight excluding hydrogens is 418 g/mol. The Labute approximate surface area is 191 Å². The molecule has 0 unspecified atom stereocenters. The number of nitrogens with one attached hydrogen (secondary N) is 2. The van der Waals surface area contributed by atoms with E-state index in [1.165, 1.54) is 5.56 Å². The van der Waals surface area contributed by atoms with E-state index in [0.717, 1.165) is 39.8 Å². The average molecular weight is 444 g/mol. The number of carbonyl (C=O) groups excluding carboxylic acids is 1. The highest BCUT2D eigenvalue weighted by atomic mass is 32.1. The van der Waals surface area contributed by atoms with Gasteiger partial charge in [-0.05, 0) is 57.0 Å². The molecule has 0 saturated heterocycles. The second-order valence-corrected chi connectivity index (χ2v) is 8.70. The minimum absolute atomic E-state index is 0.107. The lowest BCUT2D eigenvalue weighted by molar-refractivity contribution is 0.0954. The lowest BCUT2D eigenvalue weighted by Gasteiger charge is -2.09. The second-order valence-electron chi connectivity index (χ2n) is 7.63. The van der Waals surface area contributed by atoms with Crippen molar-refractivity contribution in [2.24, 2.45) is 0 Å². The van der Waals surface area contributed by atoms with Crippen molar-refractivity contribution in [1.29, 1.82) is 0 Å². The molecule has 0 atom stereocenters. The Morgan fingerprint density at radius 2 is 1.69 bits per heavy atom. The van der Waals surface area contributed by atoms with E-state index in [9.17, 15) is 4.79 Å². The molecule has 0 bridgehead atoms. The molecule has 0 saturated carbocycles. The summed E-state index contributed by atoms with van der Waals surface area (Å²) in [5.41, 5.74) is 6.44. The Hall–Kier alpha value is -3.58. The monoisotopic (exact) mass is 443 g/mol. The van der Waals surface area contributed by atoms with Crippen molar-refractivity contribution in [1.82, 2.24) is 20.3 Å². The van der Waals surface area contributed by atoms with E-state index in [-0.39, 0.29) is 5.91 Å². The third-order valence-electron chi connectivity index (χ3n) is 4.93. The van der Waals surface area contributed by atoms with Crippen molar-refractivity contribution in [3.8, 4) is 11.3 Å². The standard InChI is InChI=1S/C25H25N5OS/c1-16-13-17(2)28-25(27-16)30-22-6-4-5-21(14-22)24(31)26-12-11-19-7-9-20(10-8-19)23-15-32-18(3)29-23/h4-10,13-15H,11-12H2,1-3H3,(H,26,31)(H,27,28,30). The molecule has 2 aromatic carbocycles. The molecule has 4 aromatic rings. The van der Waals surface area contributed by atoms with Crippen LogP contribution in [-0.4, -0.2) is 27.4 Å². The fourth-order valence-corrected chi connectivity index (χ4v) is 4.03. The highest BCUT2D eigenvalue weighted by Crippen LogP contribution is 2.22.